The average Bonchev–Trinajstić information content (AvgIpc) is 3.31. The van der Waals surface area contributed by atoms with Crippen molar-refractivity contribution < 1.29 is 22.7 Å². The molecule has 0 atom stereocenters. The van der Waals surface area contributed by atoms with E-state index in [9.17, 15) is 18.0 Å². The van der Waals surface area contributed by atoms with Crippen molar-refractivity contribution in [1.29, 1.82) is 0 Å². The fourth-order valence-electron chi connectivity index (χ4n) is 2.86. The quantitative estimate of drug-likeness (QED) is 0.496. The lowest BCUT2D eigenvalue weighted by molar-refractivity contribution is -0.124. The summed E-state index contributed by atoms with van der Waals surface area (Å²) in [5.41, 5.74) is 0.580. The minimum atomic E-state index is -3.88. The Kier molecular flexibility index (Phi) is 7.43. The Labute approximate surface area is 185 Å². The molecule has 0 unspecified atom stereocenters. The number of carbonyl (C=O) groups is 2. The predicted octanol–water partition coefficient (Wildman–Crippen LogP) is 3.44. The van der Waals surface area contributed by atoms with Crippen LogP contribution in [0, 0.1) is 0 Å². The molecule has 1 aromatic heterocycles. The second kappa shape index (κ2) is 10.2. The van der Waals surface area contributed by atoms with Gasteiger partial charge in [-0.2, -0.15) is 0 Å². The Morgan fingerprint density at radius 2 is 1.81 bits per heavy atom. The van der Waals surface area contributed by atoms with Crippen LogP contribution in [0.25, 0.3) is 0 Å². The number of nitrogens with one attached hydrogen (secondary N) is 1. The van der Waals surface area contributed by atoms with Crippen molar-refractivity contribution in [1.82, 2.24) is 5.32 Å². The Bertz CT molecular complexity index is 1130. The first kappa shape index (κ1) is 22.5. The summed E-state index contributed by atoms with van der Waals surface area (Å²) in [5.74, 6) is -1.21. The number of anilines is 1. The third-order valence-corrected chi connectivity index (χ3v) is 7.14. The molecule has 0 aliphatic carbocycles. The van der Waals surface area contributed by atoms with Gasteiger partial charge in [-0.25, -0.2) is 13.2 Å². The molecule has 3 rings (SSSR count). The van der Waals surface area contributed by atoms with Gasteiger partial charge in [-0.05, 0) is 48.7 Å². The van der Waals surface area contributed by atoms with Crippen molar-refractivity contribution in [2.24, 2.45) is 0 Å². The van der Waals surface area contributed by atoms with Gasteiger partial charge in [-0.15, -0.1) is 11.3 Å². The number of hydrogen-bond donors (Lipinski definition) is 1. The maximum absolute atomic E-state index is 13.1. The fourth-order valence-corrected chi connectivity index (χ4v) is 5.03. The van der Waals surface area contributed by atoms with E-state index in [0.29, 0.717) is 12.2 Å². The molecule has 0 fully saturated rings. The highest BCUT2D eigenvalue weighted by atomic mass is 32.2. The lowest BCUT2D eigenvalue weighted by atomic mass is 10.2. The summed E-state index contributed by atoms with van der Waals surface area (Å²) in [7, 11) is -3.88. The number of thiophene rings is 1. The van der Waals surface area contributed by atoms with Crippen LogP contribution in [0.3, 0.4) is 0 Å². The normalized spacial score (nSPS) is 11.0. The number of para-hydroxylation sites is 1. The van der Waals surface area contributed by atoms with Crippen molar-refractivity contribution in [3.63, 3.8) is 0 Å². The van der Waals surface area contributed by atoms with E-state index in [-0.39, 0.29) is 17.0 Å². The fraction of sp³-hybridized carbons (Fsp3) is 0.182. The van der Waals surface area contributed by atoms with E-state index < -0.39 is 28.5 Å². The highest BCUT2D eigenvalue weighted by Gasteiger charge is 2.24. The summed E-state index contributed by atoms with van der Waals surface area (Å²) in [6.07, 6.45) is 0. The van der Waals surface area contributed by atoms with E-state index >= 15 is 0 Å². The smallest absolute Gasteiger partial charge is 0.338 e. The number of benzene rings is 2. The van der Waals surface area contributed by atoms with Crippen LogP contribution in [0.1, 0.15) is 22.2 Å². The van der Waals surface area contributed by atoms with Crippen LogP contribution in [0.15, 0.2) is 77.0 Å². The zero-order chi connectivity index (χ0) is 22.3. The van der Waals surface area contributed by atoms with Crippen molar-refractivity contribution in [2.75, 3.05) is 17.5 Å². The summed E-state index contributed by atoms with van der Waals surface area (Å²) >= 11 is 1.51. The molecule has 0 spiro atoms. The summed E-state index contributed by atoms with van der Waals surface area (Å²) < 4.78 is 32.5. The number of carbonyl (C=O) groups excluding carboxylic acids is 2. The predicted molar refractivity (Wildman–Crippen MR) is 120 cm³/mol. The average molecular weight is 459 g/mol. The Morgan fingerprint density at radius 1 is 1.03 bits per heavy atom. The molecule has 2 aromatic carbocycles. The molecule has 9 heteroatoms. The molecule has 0 aliphatic rings. The molecule has 1 heterocycles. The first-order chi connectivity index (χ1) is 14.9. The third kappa shape index (κ3) is 5.71. The maximum Gasteiger partial charge on any atom is 0.338 e. The van der Waals surface area contributed by atoms with Crippen LogP contribution in [-0.2, 0) is 26.1 Å². The van der Waals surface area contributed by atoms with Crippen molar-refractivity contribution >= 4 is 38.9 Å². The molecule has 31 heavy (non-hydrogen) atoms. The second-order valence-electron chi connectivity index (χ2n) is 6.47. The van der Waals surface area contributed by atoms with Crippen molar-refractivity contribution in [3.05, 3.63) is 82.6 Å². The molecule has 1 amide bonds. The van der Waals surface area contributed by atoms with Gasteiger partial charge in [0.25, 0.3) is 15.9 Å². The van der Waals surface area contributed by atoms with E-state index in [1.807, 2.05) is 17.5 Å². The molecule has 0 saturated carbocycles. The van der Waals surface area contributed by atoms with Crippen LogP contribution in [-0.4, -0.2) is 33.4 Å². The molecule has 162 valence electrons. The molecular formula is C22H22N2O5S2. The van der Waals surface area contributed by atoms with Crippen molar-refractivity contribution in [2.45, 2.75) is 18.4 Å². The number of esters is 1. The molecule has 0 bridgehead atoms. The number of nitrogens with zero attached hydrogens (tertiary/aromatic N) is 1. The summed E-state index contributed by atoms with van der Waals surface area (Å²) in [6.45, 7) is 1.86. The number of rotatable bonds is 9. The summed E-state index contributed by atoms with van der Waals surface area (Å²) in [6, 6.07) is 18.1. The third-order valence-electron chi connectivity index (χ3n) is 4.36. The van der Waals surface area contributed by atoms with E-state index in [2.05, 4.69) is 5.32 Å². The number of amides is 1. The van der Waals surface area contributed by atoms with Gasteiger partial charge in [0, 0.05) is 11.4 Å². The Balaban J connectivity index is 1.67. The van der Waals surface area contributed by atoms with E-state index in [1.165, 1.54) is 39.9 Å². The maximum atomic E-state index is 13.1. The van der Waals surface area contributed by atoms with Gasteiger partial charge < -0.3 is 10.1 Å². The lowest BCUT2D eigenvalue weighted by Gasteiger charge is -2.23. The topological polar surface area (TPSA) is 92.8 Å². The molecule has 0 radical (unpaired) electrons. The number of ether oxygens (including phenoxy) is 1. The van der Waals surface area contributed by atoms with Gasteiger partial charge in [-0.1, -0.05) is 30.3 Å². The summed E-state index contributed by atoms with van der Waals surface area (Å²) in [4.78, 5) is 25.2. The SMILES string of the molecule is CCN(c1ccccc1)S(=O)(=O)c1cccc(C(=O)OCC(=O)NCc2cccs2)c1. The molecular weight excluding hydrogens is 436 g/mol. The Hall–Kier alpha value is -3.17. The minimum absolute atomic E-state index is 0.0326. The first-order valence-electron chi connectivity index (χ1n) is 9.56. The highest BCUT2D eigenvalue weighted by Crippen LogP contribution is 2.24. The van der Waals surface area contributed by atoms with Gasteiger partial charge in [0.15, 0.2) is 6.61 Å². The van der Waals surface area contributed by atoms with Crippen LogP contribution in [0.5, 0.6) is 0 Å². The second-order valence-corrected chi connectivity index (χ2v) is 9.36. The van der Waals surface area contributed by atoms with Crippen LogP contribution >= 0.6 is 11.3 Å². The lowest BCUT2D eigenvalue weighted by Crippen LogP contribution is -2.31. The van der Waals surface area contributed by atoms with Gasteiger partial charge >= 0.3 is 5.97 Å². The molecule has 3 aromatic rings. The van der Waals surface area contributed by atoms with E-state index in [1.54, 1.807) is 37.3 Å². The Morgan fingerprint density at radius 3 is 2.48 bits per heavy atom. The zero-order valence-corrected chi connectivity index (χ0v) is 18.5. The van der Waals surface area contributed by atoms with Gasteiger partial charge in [-0.3, -0.25) is 9.10 Å². The molecule has 0 aliphatic heterocycles. The van der Waals surface area contributed by atoms with Crippen molar-refractivity contribution in [3.8, 4) is 0 Å². The van der Waals surface area contributed by atoms with E-state index in [0.717, 1.165) is 4.88 Å². The molecule has 0 saturated heterocycles. The monoisotopic (exact) mass is 458 g/mol. The van der Waals surface area contributed by atoms with Crippen LogP contribution < -0.4 is 9.62 Å². The van der Waals surface area contributed by atoms with Crippen LogP contribution in [0.2, 0.25) is 0 Å². The first-order valence-corrected chi connectivity index (χ1v) is 11.9. The highest BCUT2D eigenvalue weighted by molar-refractivity contribution is 7.92. The van der Waals surface area contributed by atoms with Crippen LogP contribution in [0.4, 0.5) is 5.69 Å². The number of sulfonamides is 1. The molecule has 1 N–H and O–H groups in total. The summed E-state index contributed by atoms with van der Waals surface area (Å²) in [5, 5.41) is 4.56. The zero-order valence-electron chi connectivity index (χ0n) is 16.9. The largest absolute Gasteiger partial charge is 0.452 e. The van der Waals surface area contributed by atoms with Gasteiger partial charge in [0.1, 0.15) is 0 Å². The standard InChI is InChI=1S/C22H22N2O5S2/c1-2-24(18-9-4-3-5-10-18)31(27,28)20-12-6-8-17(14-20)22(26)29-16-21(25)23-15-19-11-7-13-30-19/h3-14H,2,15-16H2,1H3,(H,23,25). The minimum Gasteiger partial charge on any atom is -0.452 e. The van der Waals surface area contributed by atoms with E-state index in [4.69, 9.17) is 4.74 Å². The van der Waals surface area contributed by atoms with Gasteiger partial charge in [0.2, 0.25) is 0 Å². The molecule has 7 nitrogen and oxygen atoms in total. The van der Waals surface area contributed by atoms with Gasteiger partial charge in [0.05, 0.1) is 22.7 Å². The number of hydrogen-bond acceptors (Lipinski definition) is 6.